The highest BCUT2D eigenvalue weighted by Crippen LogP contribution is 2.27. The number of carbonyl (C=O) groups excluding carboxylic acids is 1. The topological polar surface area (TPSA) is 54.5 Å². The molecule has 1 saturated heterocycles. The second kappa shape index (κ2) is 11.0. The number of carbonyl (C=O) groups is 1. The van der Waals surface area contributed by atoms with Crippen molar-refractivity contribution in [3.8, 4) is 0 Å². The number of nitrogens with zero attached hydrogens (tertiary/aromatic N) is 2. The van der Waals surface area contributed by atoms with Gasteiger partial charge in [-0.2, -0.15) is 0 Å². The van der Waals surface area contributed by atoms with E-state index in [2.05, 4.69) is 20.6 Å². The van der Waals surface area contributed by atoms with Gasteiger partial charge < -0.3 is 10.1 Å². The van der Waals surface area contributed by atoms with E-state index in [0.717, 1.165) is 40.0 Å². The molecule has 5 nitrogen and oxygen atoms in total. The summed E-state index contributed by atoms with van der Waals surface area (Å²) < 4.78 is 18.9. The Kier molecular flexibility index (Phi) is 7.91. The molecule has 0 aliphatic carbocycles. The normalized spacial score (nSPS) is 15.4. The molecule has 1 amide bonds. The van der Waals surface area contributed by atoms with E-state index < -0.39 is 0 Å². The lowest BCUT2D eigenvalue weighted by Crippen LogP contribution is -2.43. The van der Waals surface area contributed by atoms with Gasteiger partial charge in [-0.1, -0.05) is 24.3 Å². The van der Waals surface area contributed by atoms with Crippen molar-refractivity contribution in [2.45, 2.75) is 23.6 Å². The molecule has 1 fully saturated rings. The highest BCUT2D eigenvalue weighted by atomic mass is 32.2. The molecular weight excluding hydrogens is 445 g/mol. The number of hydrogen-bond acceptors (Lipinski definition) is 6. The van der Waals surface area contributed by atoms with Crippen LogP contribution in [0.4, 0.5) is 4.39 Å². The number of halogens is 1. The summed E-state index contributed by atoms with van der Waals surface area (Å²) in [7, 11) is 0. The molecule has 0 radical (unpaired) electrons. The lowest BCUT2D eigenvalue weighted by Gasteiger charge is -2.35. The number of benzene rings is 2. The van der Waals surface area contributed by atoms with Gasteiger partial charge in [0.15, 0.2) is 0 Å². The summed E-state index contributed by atoms with van der Waals surface area (Å²) in [6.07, 6.45) is 0. The fourth-order valence-corrected chi connectivity index (χ4v) is 5.38. The van der Waals surface area contributed by atoms with Crippen molar-refractivity contribution in [3.63, 3.8) is 0 Å². The Morgan fingerprint density at radius 3 is 2.69 bits per heavy atom. The van der Waals surface area contributed by atoms with Crippen LogP contribution in [0, 0.1) is 12.7 Å². The van der Waals surface area contributed by atoms with E-state index >= 15 is 0 Å². The van der Waals surface area contributed by atoms with Gasteiger partial charge in [-0.15, -0.1) is 23.1 Å². The largest absolute Gasteiger partial charge is 0.379 e. The average molecular weight is 472 g/mol. The van der Waals surface area contributed by atoms with E-state index in [0.29, 0.717) is 25.3 Å². The number of amides is 1. The SMILES string of the molecule is Cc1nc(CSc2ccccc2C(=O)NCC(c2ccc(F)cc2)N2CCOCC2)cs1. The zero-order chi connectivity index (χ0) is 22.3. The number of ether oxygens (including phenoxy) is 1. The van der Waals surface area contributed by atoms with E-state index in [-0.39, 0.29) is 17.8 Å². The summed E-state index contributed by atoms with van der Waals surface area (Å²) in [6, 6.07) is 14.1. The van der Waals surface area contributed by atoms with Crippen LogP contribution in [0.2, 0.25) is 0 Å². The van der Waals surface area contributed by atoms with Gasteiger partial charge >= 0.3 is 0 Å². The van der Waals surface area contributed by atoms with Crippen molar-refractivity contribution in [1.82, 2.24) is 15.2 Å². The van der Waals surface area contributed by atoms with Gasteiger partial charge in [-0.25, -0.2) is 9.37 Å². The maximum absolute atomic E-state index is 13.5. The zero-order valence-electron chi connectivity index (χ0n) is 17.9. The van der Waals surface area contributed by atoms with Crippen LogP contribution in [0.15, 0.2) is 58.8 Å². The molecule has 1 unspecified atom stereocenters. The molecule has 1 aliphatic rings. The summed E-state index contributed by atoms with van der Waals surface area (Å²) >= 11 is 3.25. The van der Waals surface area contributed by atoms with Gasteiger partial charge in [0.1, 0.15) is 5.82 Å². The fraction of sp³-hybridized carbons (Fsp3) is 0.333. The van der Waals surface area contributed by atoms with Gasteiger partial charge in [-0.05, 0) is 36.8 Å². The summed E-state index contributed by atoms with van der Waals surface area (Å²) in [5.74, 6) is 0.350. The molecule has 2 aromatic carbocycles. The molecule has 8 heteroatoms. The standard InChI is InChI=1S/C24H26FN3O2S2/c1-17-27-20(15-31-17)16-32-23-5-3-2-4-21(23)24(29)26-14-22(28-10-12-30-13-11-28)18-6-8-19(25)9-7-18/h2-9,15,22H,10-14,16H2,1H3,(H,26,29). The van der Waals surface area contributed by atoms with Crippen molar-refractivity contribution in [2.75, 3.05) is 32.8 Å². The van der Waals surface area contributed by atoms with Gasteiger partial charge in [0.05, 0.1) is 35.5 Å². The van der Waals surface area contributed by atoms with Crippen molar-refractivity contribution >= 4 is 29.0 Å². The third-order valence-corrected chi connectivity index (χ3v) is 7.30. The molecule has 1 aliphatic heterocycles. The number of thioether (sulfide) groups is 1. The summed E-state index contributed by atoms with van der Waals surface area (Å²) in [5, 5.41) is 6.21. The smallest absolute Gasteiger partial charge is 0.252 e. The van der Waals surface area contributed by atoms with E-state index in [4.69, 9.17) is 4.74 Å². The summed E-state index contributed by atoms with van der Waals surface area (Å²) in [5.41, 5.74) is 2.66. The molecule has 0 spiro atoms. The van der Waals surface area contributed by atoms with Crippen LogP contribution in [0.25, 0.3) is 0 Å². The second-order valence-electron chi connectivity index (χ2n) is 7.57. The second-order valence-corrected chi connectivity index (χ2v) is 9.65. The monoisotopic (exact) mass is 471 g/mol. The van der Waals surface area contributed by atoms with Crippen LogP contribution in [-0.2, 0) is 10.5 Å². The van der Waals surface area contributed by atoms with Crippen LogP contribution in [0.5, 0.6) is 0 Å². The first-order valence-corrected chi connectivity index (χ1v) is 12.4. The van der Waals surface area contributed by atoms with E-state index in [1.165, 1.54) is 12.1 Å². The average Bonchev–Trinajstić information content (AvgIpc) is 3.25. The molecule has 1 N–H and O–H groups in total. The Labute approximate surface area is 196 Å². The van der Waals surface area contributed by atoms with Gasteiger partial charge in [0, 0.05) is 35.7 Å². The quantitative estimate of drug-likeness (QED) is 0.483. The first kappa shape index (κ1) is 22.9. The van der Waals surface area contributed by atoms with Crippen LogP contribution >= 0.6 is 23.1 Å². The van der Waals surface area contributed by atoms with Crippen molar-refractivity contribution in [3.05, 3.63) is 81.6 Å². The zero-order valence-corrected chi connectivity index (χ0v) is 19.6. The number of aromatic nitrogens is 1. The Morgan fingerprint density at radius 1 is 1.22 bits per heavy atom. The number of morpholine rings is 1. The predicted octanol–water partition coefficient (Wildman–Crippen LogP) is 4.69. The number of aryl methyl sites for hydroxylation is 1. The van der Waals surface area contributed by atoms with Crippen molar-refractivity contribution in [1.29, 1.82) is 0 Å². The molecule has 1 atom stereocenters. The van der Waals surface area contributed by atoms with Gasteiger partial charge in [0.2, 0.25) is 0 Å². The molecule has 0 bridgehead atoms. The van der Waals surface area contributed by atoms with Crippen LogP contribution in [-0.4, -0.2) is 48.6 Å². The molecule has 168 valence electrons. The Hall–Kier alpha value is -2.26. The van der Waals surface area contributed by atoms with Gasteiger partial charge in [-0.3, -0.25) is 9.69 Å². The van der Waals surface area contributed by atoms with Crippen LogP contribution in [0.3, 0.4) is 0 Å². The molecule has 3 aromatic rings. The predicted molar refractivity (Wildman–Crippen MR) is 127 cm³/mol. The summed E-state index contributed by atoms with van der Waals surface area (Å²) in [6.45, 7) is 5.29. The highest BCUT2D eigenvalue weighted by molar-refractivity contribution is 7.98. The van der Waals surface area contributed by atoms with Crippen LogP contribution < -0.4 is 5.32 Å². The Bertz CT molecular complexity index is 1040. The van der Waals surface area contributed by atoms with E-state index in [1.807, 2.05) is 31.2 Å². The minimum atomic E-state index is -0.264. The Balaban J connectivity index is 1.45. The first-order valence-electron chi connectivity index (χ1n) is 10.6. The van der Waals surface area contributed by atoms with Crippen LogP contribution in [0.1, 0.15) is 32.7 Å². The highest BCUT2D eigenvalue weighted by Gasteiger charge is 2.24. The lowest BCUT2D eigenvalue weighted by molar-refractivity contribution is 0.0162. The lowest BCUT2D eigenvalue weighted by atomic mass is 10.0. The number of hydrogen-bond donors (Lipinski definition) is 1. The minimum absolute atomic E-state index is 0.0405. The molecule has 2 heterocycles. The minimum Gasteiger partial charge on any atom is -0.379 e. The fourth-order valence-electron chi connectivity index (χ4n) is 3.72. The molecule has 4 rings (SSSR count). The molecular formula is C24H26FN3O2S2. The van der Waals surface area contributed by atoms with E-state index in [9.17, 15) is 9.18 Å². The van der Waals surface area contributed by atoms with Crippen molar-refractivity contribution < 1.29 is 13.9 Å². The first-order chi connectivity index (χ1) is 15.6. The number of rotatable bonds is 8. The third-order valence-electron chi connectivity index (χ3n) is 5.37. The summed E-state index contributed by atoms with van der Waals surface area (Å²) in [4.78, 5) is 20.8. The molecule has 0 saturated carbocycles. The number of thiazole rings is 1. The maximum Gasteiger partial charge on any atom is 0.252 e. The van der Waals surface area contributed by atoms with Crippen molar-refractivity contribution in [2.24, 2.45) is 0 Å². The van der Waals surface area contributed by atoms with Gasteiger partial charge in [0.25, 0.3) is 5.91 Å². The molecule has 1 aromatic heterocycles. The molecule has 32 heavy (non-hydrogen) atoms. The van der Waals surface area contributed by atoms with E-state index in [1.54, 1.807) is 35.2 Å². The Morgan fingerprint density at radius 2 is 1.97 bits per heavy atom. The third kappa shape index (κ3) is 5.95. The maximum atomic E-state index is 13.5. The number of nitrogens with one attached hydrogen (secondary N) is 1.